The van der Waals surface area contributed by atoms with Crippen molar-refractivity contribution in [2.75, 3.05) is 20.8 Å². The summed E-state index contributed by atoms with van der Waals surface area (Å²) in [6.45, 7) is 15.1. The van der Waals surface area contributed by atoms with Crippen molar-refractivity contribution in [3.05, 3.63) is 64.6 Å². The predicted molar refractivity (Wildman–Crippen MR) is 165 cm³/mol. The summed E-state index contributed by atoms with van der Waals surface area (Å²) in [7, 11) is 3.33. The number of aromatic nitrogens is 1. The van der Waals surface area contributed by atoms with Crippen LogP contribution in [-0.2, 0) is 25.4 Å². The molecule has 0 aliphatic rings. The number of carbonyl (C=O) groups excluding carboxylic acids is 3. The van der Waals surface area contributed by atoms with Crippen LogP contribution in [0.3, 0.4) is 0 Å². The first-order valence-electron chi connectivity index (χ1n) is 14.3. The van der Waals surface area contributed by atoms with Crippen molar-refractivity contribution in [1.29, 1.82) is 0 Å². The van der Waals surface area contributed by atoms with Gasteiger partial charge in [0.2, 0.25) is 0 Å². The quantitative estimate of drug-likeness (QED) is 0.191. The van der Waals surface area contributed by atoms with E-state index in [4.69, 9.17) is 14.2 Å². The van der Waals surface area contributed by atoms with Crippen LogP contribution < -0.4 is 5.32 Å². The highest BCUT2D eigenvalue weighted by Gasteiger charge is 2.31. The zero-order valence-corrected chi connectivity index (χ0v) is 27.0. The lowest BCUT2D eigenvalue weighted by Gasteiger charge is -2.34. The van der Waals surface area contributed by atoms with Crippen LogP contribution in [-0.4, -0.2) is 66.3 Å². The van der Waals surface area contributed by atoms with E-state index < -0.39 is 23.7 Å². The number of carbonyl (C=O) groups is 3. The molecule has 4 atom stereocenters. The monoisotopic (exact) mass is 601 g/mol. The molecular weight excluding hydrogens is 554 g/mol. The number of hydrogen-bond donors (Lipinski definition) is 1. The Morgan fingerprint density at radius 2 is 1.79 bits per heavy atom. The van der Waals surface area contributed by atoms with E-state index in [1.165, 1.54) is 17.4 Å². The summed E-state index contributed by atoms with van der Waals surface area (Å²) >= 11 is 1.34. The van der Waals surface area contributed by atoms with E-state index in [0.717, 1.165) is 5.56 Å². The smallest absolute Gasteiger partial charge is 0.410 e. The van der Waals surface area contributed by atoms with Crippen molar-refractivity contribution in [3.63, 3.8) is 0 Å². The minimum Gasteiger partial charge on any atom is -0.461 e. The lowest BCUT2D eigenvalue weighted by molar-refractivity contribution is -0.147. The van der Waals surface area contributed by atoms with E-state index in [9.17, 15) is 14.4 Å². The van der Waals surface area contributed by atoms with E-state index in [1.807, 2.05) is 65.0 Å². The maximum atomic E-state index is 13.3. The maximum absolute atomic E-state index is 13.3. The van der Waals surface area contributed by atoms with E-state index in [2.05, 4.69) is 16.9 Å². The average molecular weight is 602 g/mol. The molecule has 0 bridgehead atoms. The number of rotatable bonds is 15. The summed E-state index contributed by atoms with van der Waals surface area (Å²) < 4.78 is 16.6. The topological polar surface area (TPSA) is 107 Å². The van der Waals surface area contributed by atoms with Crippen LogP contribution in [0.25, 0.3) is 0 Å². The Bertz CT molecular complexity index is 1160. The first-order chi connectivity index (χ1) is 19.7. The number of thiazole rings is 1. The van der Waals surface area contributed by atoms with Gasteiger partial charge >= 0.3 is 12.1 Å². The Morgan fingerprint density at radius 1 is 1.12 bits per heavy atom. The number of benzene rings is 1. The van der Waals surface area contributed by atoms with Gasteiger partial charge in [-0.3, -0.25) is 9.59 Å². The van der Waals surface area contributed by atoms with Crippen molar-refractivity contribution in [3.8, 4) is 0 Å². The molecule has 1 aromatic carbocycles. The largest absolute Gasteiger partial charge is 0.461 e. The van der Waals surface area contributed by atoms with Gasteiger partial charge in [-0.25, -0.2) is 9.78 Å². The van der Waals surface area contributed by atoms with Crippen molar-refractivity contribution in [2.24, 2.45) is 11.8 Å². The molecule has 0 aliphatic carbocycles. The van der Waals surface area contributed by atoms with E-state index >= 15 is 0 Å². The second-order valence-electron chi connectivity index (χ2n) is 11.8. The summed E-state index contributed by atoms with van der Waals surface area (Å²) in [5.74, 6) is -0.956. The molecule has 1 aromatic heterocycles. The van der Waals surface area contributed by atoms with Gasteiger partial charge in [0.1, 0.15) is 29.0 Å². The summed E-state index contributed by atoms with van der Waals surface area (Å²) in [6.07, 6.45) is 2.15. The van der Waals surface area contributed by atoms with E-state index in [0.29, 0.717) is 24.3 Å². The van der Waals surface area contributed by atoms with E-state index in [-0.39, 0.29) is 42.2 Å². The summed E-state index contributed by atoms with van der Waals surface area (Å²) in [5, 5.41) is 5.43. The Kier molecular flexibility index (Phi) is 13.7. The fourth-order valence-corrected chi connectivity index (χ4v) is 5.45. The van der Waals surface area contributed by atoms with E-state index in [1.54, 1.807) is 31.4 Å². The number of methoxy groups -OCH3 is 1. The zero-order valence-electron chi connectivity index (χ0n) is 26.2. The lowest BCUT2D eigenvalue weighted by atomic mass is 9.96. The molecule has 2 aromatic rings. The van der Waals surface area contributed by atoms with Crippen LogP contribution in [0.15, 0.2) is 48.4 Å². The Balaban J connectivity index is 2.17. The normalized spacial score (nSPS) is 14.4. The average Bonchev–Trinajstić information content (AvgIpc) is 3.41. The minimum atomic E-state index is -0.604. The van der Waals surface area contributed by atoms with Crippen LogP contribution in [0.2, 0.25) is 0 Å². The van der Waals surface area contributed by atoms with Gasteiger partial charge in [0.15, 0.2) is 0 Å². The van der Waals surface area contributed by atoms with Gasteiger partial charge in [0.05, 0.1) is 5.92 Å². The molecule has 2 amide bonds. The van der Waals surface area contributed by atoms with Gasteiger partial charge < -0.3 is 24.4 Å². The summed E-state index contributed by atoms with van der Waals surface area (Å²) in [5.41, 5.74) is 0.716. The number of nitrogens with zero attached hydrogens (tertiary/aromatic N) is 2. The highest BCUT2D eigenvalue weighted by Crippen LogP contribution is 2.30. The highest BCUT2D eigenvalue weighted by atomic mass is 32.1. The van der Waals surface area contributed by atoms with Gasteiger partial charge in [0.25, 0.3) is 5.91 Å². The van der Waals surface area contributed by atoms with Crippen LogP contribution in [0.1, 0.15) is 81.5 Å². The van der Waals surface area contributed by atoms with Crippen LogP contribution >= 0.6 is 11.3 Å². The van der Waals surface area contributed by atoms with Crippen molar-refractivity contribution in [1.82, 2.24) is 15.2 Å². The Morgan fingerprint density at radius 3 is 2.36 bits per heavy atom. The zero-order chi connectivity index (χ0) is 31.4. The van der Waals surface area contributed by atoms with Crippen LogP contribution in [0.4, 0.5) is 4.79 Å². The third-order valence-electron chi connectivity index (χ3n) is 6.76. The molecule has 0 radical (unpaired) electrons. The number of hydrogen-bond acceptors (Lipinski definition) is 8. The van der Waals surface area contributed by atoms with Crippen LogP contribution in [0, 0.1) is 11.8 Å². The maximum Gasteiger partial charge on any atom is 0.410 e. The number of esters is 1. The minimum absolute atomic E-state index is 0.127. The van der Waals surface area contributed by atoms with Crippen molar-refractivity contribution < 1.29 is 28.6 Å². The van der Waals surface area contributed by atoms with Crippen LogP contribution in [0.5, 0.6) is 0 Å². The molecule has 0 spiro atoms. The third kappa shape index (κ3) is 11.2. The molecule has 42 heavy (non-hydrogen) atoms. The number of ether oxygens (including phenoxy) is 3. The number of amides is 2. The van der Waals surface area contributed by atoms with Gasteiger partial charge in [-0.05, 0) is 45.1 Å². The second kappa shape index (κ2) is 16.4. The Labute approximate surface area is 254 Å². The molecule has 0 unspecified atom stereocenters. The molecule has 0 fully saturated rings. The molecule has 0 saturated heterocycles. The molecule has 2 rings (SSSR count). The SMILES string of the molecule is C=CCOC(=O)[C@@H](C)C[C@H](Cc1ccccc1)NC(=O)c1csc([C@@H](C[C@H](C(C)C)N(C)C(=O)OC(C)(C)C)OC)n1. The lowest BCUT2D eigenvalue weighted by Crippen LogP contribution is -2.44. The highest BCUT2D eigenvalue weighted by molar-refractivity contribution is 7.09. The summed E-state index contributed by atoms with van der Waals surface area (Å²) in [6, 6.07) is 9.30. The standard InChI is InChI=1S/C32H47N3O6S/c1-10-16-40-30(37)22(4)17-24(18-23-14-12-11-13-15-23)33-28(36)25-20-42-29(34-25)27(39-9)19-26(21(2)3)35(8)31(38)41-32(5,6)7/h10-15,20-22,24,26-27H,1,16-19H2,2-9H3,(H,33,36)/t22-,24+,26+,27+/m0/s1. The first kappa shape index (κ1) is 35.0. The fraction of sp³-hybridized carbons (Fsp3) is 0.562. The third-order valence-corrected chi connectivity index (χ3v) is 7.70. The predicted octanol–water partition coefficient (Wildman–Crippen LogP) is 6.21. The van der Waals surface area contributed by atoms with Crippen molar-refractivity contribution in [2.45, 2.75) is 84.6 Å². The molecule has 1 N–H and O–H groups in total. The van der Waals surface area contributed by atoms with Gasteiger partial charge in [0, 0.05) is 38.0 Å². The molecule has 10 heteroatoms. The molecule has 9 nitrogen and oxygen atoms in total. The van der Waals surface area contributed by atoms with Gasteiger partial charge in [-0.15, -0.1) is 11.3 Å². The molecule has 0 saturated carbocycles. The molecule has 0 aliphatic heterocycles. The second-order valence-corrected chi connectivity index (χ2v) is 12.7. The molecular formula is C32H47N3O6S. The van der Waals surface area contributed by atoms with Gasteiger partial charge in [-0.1, -0.05) is 63.8 Å². The van der Waals surface area contributed by atoms with Crippen molar-refractivity contribution >= 4 is 29.3 Å². The number of nitrogens with one attached hydrogen (secondary N) is 1. The Hall–Kier alpha value is -3.24. The van der Waals surface area contributed by atoms with Gasteiger partial charge in [-0.2, -0.15) is 0 Å². The molecule has 1 heterocycles. The fourth-order valence-electron chi connectivity index (χ4n) is 4.56. The molecule has 232 valence electrons. The summed E-state index contributed by atoms with van der Waals surface area (Å²) in [4.78, 5) is 44.8. The first-order valence-corrected chi connectivity index (χ1v) is 15.2.